The van der Waals surface area contributed by atoms with Crippen LogP contribution >= 0.6 is 0 Å². The third kappa shape index (κ3) is 8.81. The molecule has 6 heteroatoms. The van der Waals surface area contributed by atoms with Crippen molar-refractivity contribution in [3.63, 3.8) is 0 Å². The van der Waals surface area contributed by atoms with E-state index in [4.69, 9.17) is 15.0 Å². The zero-order valence-electron chi connectivity index (χ0n) is 52.1. The average Bonchev–Trinajstić information content (AvgIpc) is 1.55. The first-order valence-corrected chi connectivity index (χ1v) is 31.9. The lowest BCUT2D eigenvalue weighted by Gasteiger charge is -2.27. The van der Waals surface area contributed by atoms with Gasteiger partial charge in [0.15, 0.2) is 5.82 Å². The van der Waals surface area contributed by atoms with Crippen LogP contribution in [0.4, 0.5) is 0 Å². The van der Waals surface area contributed by atoms with Crippen molar-refractivity contribution in [2.24, 2.45) is 0 Å². The predicted molar refractivity (Wildman–Crippen MR) is 392 cm³/mol. The van der Waals surface area contributed by atoms with Gasteiger partial charge in [0.2, 0.25) is 5.95 Å². The Labute approximate surface area is 541 Å². The molecule has 0 radical (unpaired) electrons. The number of allylic oxidation sites excluding steroid dienone is 1. The van der Waals surface area contributed by atoms with Gasteiger partial charge in [-0.25, -0.2) is 9.97 Å². The van der Waals surface area contributed by atoms with Crippen LogP contribution in [0.3, 0.4) is 0 Å². The fraction of sp³-hybridized carbons (Fsp3) is 0.0690. The molecule has 0 bridgehead atoms. The molecule has 0 saturated carbocycles. The first-order valence-electron chi connectivity index (χ1n) is 31.9. The molecule has 2 aliphatic carbocycles. The number of hydrogen-bond acceptors (Lipinski definition) is 3. The summed E-state index contributed by atoms with van der Waals surface area (Å²) < 4.78 is 7.20. The van der Waals surface area contributed by atoms with E-state index in [2.05, 4.69) is 285 Å². The molecule has 11 aromatic carbocycles. The van der Waals surface area contributed by atoms with E-state index in [-0.39, 0.29) is 11.8 Å². The zero-order valence-corrected chi connectivity index (χ0v) is 52.1. The first-order chi connectivity index (χ1) is 45.5. The molecule has 0 saturated heterocycles. The monoisotopic (exact) mass is 1190 g/mol. The third-order valence-electron chi connectivity index (χ3n) is 20.1. The lowest BCUT2D eigenvalue weighted by atomic mass is 9.78. The quantitative estimate of drug-likeness (QED) is 0.122. The van der Waals surface area contributed by atoms with Gasteiger partial charge in [-0.1, -0.05) is 229 Å². The molecule has 442 valence electrons. The van der Waals surface area contributed by atoms with Crippen LogP contribution in [-0.2, 0) is 5.41 Å². The van der Waals surface area contributed by atoms with E-state index in [0.717, 1.165) is 94.3 Å². The van der Waals surface area contributed by atoms with Crippen molar-refractivity contribution in [2.75, 3.05) is 0 Å². The first kappa shape index (κ1) is 55.3. The minimum absolute atomic E-state index is 0.200. The number of aromatic nitrogens is 6. The van der Waals surface area contributed by atoms with Crippen LogP contribution in [-0.4, -0.2) is 28.7 Å². The summed E-state index contributed by atoms with van der Waals surface area (Å²) in [7, 11) is 0. The molecule has 15 aromatic rings. The zero-order chi connectivity index (χ0) is 62.8. The molecule has 0 N–H and O–H groups in total. The minimum atomic E-state index is -0.392. The lowest BCUT2D eigenvalue weighted by Crippen LogP contribution is -2.16. The van der Waals surface area contributed by atoms with Gasteiger partial charge in [0.05, 0.1) is 33.3 Å². The van der Waals surface area contributed by atoms with Crippen LogP contribution < -0.4 is 0 Å². The van der Waals surface area contributed by atoms with Crippen LogP contribution in [0.15, 0.2) is 269 Å². The molecule has 2 aliphatic rings. The summed E-state index contributed by atoms with van der Waals surface area (Å²) in [6.45, 7) is 23.2. The van der Waals surface area contributed by atoms with Crippen LogP contribution in [0.5, 0.6) is 0 Å². The number of hydrogen-bond donors (Lipinski definition) is 0. The van der Waals surface area contributed by atoms with E-state index in [0.29, 0.717) is 11.8 Å². The molecular formula is C87H64N6. The maximum absolute atomic E-state index is 5.27. The Morgan fingerprint density at radius 1 is 0.398 bits per heavy atom. The summed E-state index contributed by atoms with van der Waals surface area (Å²) in [5.74, 6) is 1.58. The summed E-state index contributed by atoms with van der Waals surface area (Å²) in [4.78, 5) is 15.0. The SMILES string of the molecule is C=Cc1ccc(-c2ccc3c(c2)c2c(n3-c3ccc4c(c3)C(C)(C)c3cc5c(cc3-4)c3cc(-n4c6ccc(-c7ccc(C=C)cc7)cc6c6cc(-c7ccc(C=C)cc7)ccc64)ccc3n5-c3ncnc(-c4ccccc4)n3)C=CC(c3ccc(C=C)cc3)C2C)cc1. The van der Waals surface area contributed by atoms with E-state index in [1.54, 1.807) is 6.33 Å². The van der Waals surface area contributed by atoms with Crippen molar-refractivity contribution in [2.45, 2.75) is 38.0 Å². The maximum atomic E-state index is 5.27. The Hall–Kier alpha value is -11.7. The Morgan fingerprint density at radius 3 is 1.45 bits per heavy atom. The van der Waals surface area contributed by atoms with E-state index in [1.807, 2.05) is 42.5 Å². The van der Waals surface area contributed by atoms with Gasteiger partial charge in [0, 0.05) is 55.2 Å². The molecule has 6 nitrogen and oxygen atoms in total. The van der Waals surface area contributed by atoms with Gasteiger partial charge in [0.1, 0.15) is 6.33 Å². The van der Waals surface area contributed by atoms with Gasteiger partial charge in [-0.3, -0.25) is 4.57 Å². The largest absolute Gasteiger partial charge is 0.310 e. The fourth-order valence-electron chi connectivity index (χ4n) is 15.2. The maximum Gasteiger partial charge on any atom is 0.238 e. The van der Waals surface area contributed by atoms with Gasteiger partial charge >= 0.3 is 0 Å². The highest BCUT2D eigenvalue weighted by atomic mass is 15.2. The van der Waals surface area contributed by atoms with E-state index >= 15 is 0 Å². The molecule has 4 heterocycles. The van der Waals surface area contributed by atoms with E-state index in [9.17, 15) is 0 Å². The number of nitrogens with zero attached hydrogens (tertiary/aromatic N) is 6. The third-order valence-corrected chi connectivity index (χ3v) is 20.1. The molecule has 0 fully saturated rings. The Balaban J connectivity index is 0.851. The summed E-state index contributed by atoms with van der Waals surface area (Å²) in [5.41, 5.74) is 28.5. The summed E-state index contributed by atoms with van der Waals surface area (Å²) in [5, 5.41) is 5.83. The minimum Gasteiger partial charge on any atom is -0.310 e. The second-order valence-corrected chi connectivity index (χ2v) is 25.5. The van der Waals surface area contributed by atoms with Crippen molar-refractivity contribution in [1.82, 2.24) is 28.7 Å². The molecule has 0 spiro atoms. The Kier molecular flexibility index (Phi) is 12.8. The predicted octanol–water partition coefficient (Wildman–Crippen LogP) is 22.5. The van der Waals surface area contributed by atoms with Crippen molar-refractivity contribution in [3.8, 4) is 73.2 Å². The smallest absolute Gasteiger partial charge is 0.238 e. The molecule has 4 aromatic heterocycles. The highest BCUT2D eigenvalue weighted by Gasteiger charge is 2.38. The molecule has 0 amide bonds. The standard InChI is InChI=1S/C87H64N6/c1-8-54-17-25-58(26-18-54)63-33-40-78-71(45-63)72-46-64(59-27-19-55(9-2)20-28-59)34-41-79(72)91(78)66-37-43-80-73(48-66)74-50-70-69-38-36-67(49-76(69)87(6,7)77(70)51-83(74)93(80)86-89-52-88-85(90-86)62-15-13-12-14-16-62)92-81-42-35-65(60-29-21-56(10-3)22-30-60)47-75(81)84-53(5)68(39-44-82(84)92)61-31-23-57(11-4)24-32-61/h8-53,68H,1-4H2,5-7H3. The summed E-state index contributed by atoms with van der Waals surface area (Å²) >= 11 is 0. The van der Waals surface area contributed by atoms with Gasteiger partial charge in [-0.2, -0.15) is 4.98 Å². The van der Waals surface area contributed by atoms with Crippen LogP contribution in [0.1, 0.15) is 82.8 Å². The van der Waals surface area contributed by atoms with Crippen LogP contribution in [0.25, 0.3) is 158 Å². The van der Waals surface area contributed by atoms with Gasteiger partial charge in [0.25, 0.3) is 0 Å². The van der Waals surface area contributed by atoms with Gasteiger partial charge in [-0.15, -0.1) is 0 Å². The number of fused-ring (bicyclic) bond motifs is 12. The molecule has 93 heavy (non-hydrogen) atoms. The highest BCUT2D eigenvalue weighted by Crippen LogP contribution is 2.53. The number of benzene rings is 11. The summed E-state index contributed by atoms with van der Waals surface area (Å²) in [6, 6.07) is 84.9. The van der Waals surface area contributed by atoms with Gasteiger partial charge < -0.3 is 9.13 Å². The molecule has 2 unspecified atom stereocenters. The van der Waals surface area contributed by atoms with E-state index < -0.39 is 5.41 Å². The highest BCUT2D eigenvalue weighted by molar-refractivity contribution is 6.15. The average molecular weight is 1190 g/mol. The van der Waals surface area contributed by atoms with Crippen LogP contribution in [0, 0.1) is 0 Å². The Morgan fingerprint density at radius 2 is 0.871 bits per heavy atom. The number of rotatable bonds is 12. The molecule has 2 atom stereocenters. The van der Waals surface area contributed by atoms with Crippen molar-refractivity contribution >= 4 is 84.9 Å². The second-order valence-electron chi connectivity index (χ2n) is 25.5. The molecule has 17 rings (SSSR count). The van der Waals surface area contributed by atoms with Gasteiger partial charge in [-0.05, 0) is 180 Å². The van der Waals surface area contributed by atoms with Crippen molar-refractivity contribution in [1.29, 1.82) is 0 Å². The van der Waals surface area contributed by atoms with Crippen molar-refractivity contribution in [3.05, 3.63) is 319 Å². The van der Waals surface area contributed by atoms with Crippen LogP contribution in [0.2, 0.25) is 0 Å². The fourth-order valence-corrected chi connectivity index (χ4v) is 15.2. The lowest BCUT2D eigenvalue weighted by molar-refractivity contribution is 0.659. The molecule has 0 aliphatic heterocycles. The normalized spacial score (nSPS) is 14.6. The molecular weight excluding hydrogens is 1130 g/mol. The Bertz CT molecular complexity index is 5540. The topological polar surface area (TPSA) is 53.5 Å². The summed E-state index contributed by atoms with van der Waals surface area (Å²) in [6.07, 6.45) is 14.0. The second kappa shape index (κ2) is 21.5. The van der Waals surface area contributed by atoms with E-state index in [1.165, 1.54) is 71.9 Å². The van der Waals surface area contributed by atoms with Crippen molar-refractivity contribution < 1.29 is 0 Å².